The number of hydrogen-bond acceptors (Lipinski definition) is 5. The van der Waals surface area contributed by atoms with Gasteiger partial charge in [0.05, 0.1) is 6.20 Å². The molecular formula is C28H20N4PtS. The van der Waals surface area contributed by atoms with E-state index in [1.807, 2.05) is 24.3 Å². The average molecular weight is 640 g/mol. The molecule has 4 nitrogen and oxygen atoms in total. The van der Waals surface area contributed by atoms with Crippen molar-refractivity contribution in [3.63, 3.8) is 0 Å². The Labute approximate surface area is 218 Å². The van der Waals surface area contributed by atoms with Crippen LogP contribution in [0.3, 0.4) is 0 Å². The fraction of sp³-hybridized carbons (Fsp3) is 0.107. The van der Waals surface area contributed by atoms with E-state index in [-0.39, 0.29) is 26.5 Å². The average Bonchev–Trinajstić information content (AvgIpc) is 2.85. The molecule has 0 N–H and O–H groups in total. The summed E-state index contributed by atoms with van der Waals surface area (Å²) in [6, 6.07) is 26.4. The van der Waals surface area contributed by atoms with E-state index in [0.29, 0.717) is 0 Å². The molecule has 0 bridgehead atoms. The molecule has 34 heavy (non-hydrogen) atoms. The van der Waals surface area contributed by atoms with Crippen LogP contribution < -0.4 is 4.90 Å². The Bertz CT molecular complexity index is 1520. The fourth-order valence-electron chi connectivity index (χ4n) is 4.69. The summed E-state index contributed by atoms with van der Waals surface area (Å²) >= 11 is 5.52. The van der Waals surface area contributed by atoms with Gasteiger partial charge in [0.25, 0.3) is 0 Å². The summed E-state index contributed by atoms with van der Waals surface area (Å²) in [5, 5.41) is 1.04. The van der Waals surface area contributed by atoms with Gasteiger partial charge in [-0.15, -0.1) is 28.7 Å². The molecule has 6 rings (SSSR count). The van der Waals surface area contributed by atoms with E-state index < -0.39 is 0 Å². The molecule has 0 fully saturated rings. The first-order valence-corrected chi connectivity index (χ1v) is 11.2. The van der Waals surface area contributed by atoms with Gasteiger partial charge in [0.15, 0.2) is 5.82 Å². The molecule has 0 aliphatic carbocycles. The molecule has 0 radical (unpaired) electrons. The second-order valence-corrected chi connectivity index (χ2v) is 9.14. The van der Waals surface area contributed by atoms with Gasteiger partial charge in [0.2, 0.25) is 0 Å². The van der Waals surface area contributed by atoms with Crippen LogP contribution in [-0.4, -0.2) is 15.0 Å². The summed E-state index contributed by atoms with van der Waals surface area (Å²) < 4.78 is 0. The molecule has 0 saturated heterocycles. The third-order valence-electron chi connectivity index (χ3n) is 6.38. The molecule has 1 aliphatic rings. The Morgan fingerprint density at radius 2 is 1.74 bits per heavy atom. The number of anilines is 3. The topological polar surface area (TPSA) is 41.9 Å². The van der Waals surface area contributed by atoms with Gasteiger partial charge in [-0.2, -0.15) is 0 Å². The van der Waals surface area contributed by atoms with E-state index in [1.54, 1.807) is 18.6 Å². The number of fused-ring (bicyclic) bond motifs is 3. The first-order chi connectivity index (χ1) is 16.0. The minimum Gasteiger partial charge on any atom is -0.778 e. The quantitative estimate of drug-likeness (QED) is 0.163. The Balaban J connectivity index is 0.00000241. The van der Waals surface area contributed by atoms with Crippen molar-refractivity contribution >= 4 is 40.7 Å². The molecule has 0 atom stereocenters. The van der Waals surface area contributed by atoms with Gasteiger partial charge in [-0.3, -0.25) is 9.97 Å². The van der Waals surface area contributed by atoms with Crippen molar-refractivity contribution in [2.45, 2.75) is 24.2 Å². The van der Waals surface area contributed by atoms with Crippen LogP contribution in [-0.2, 0) is 39.1 Å². The molecule has 0 amide bonds. The molecular weight excluding hydrogens is 619 g/mol. The van der Waals surface area contributed by atoms with Crippen LogP contribution in [0.4, 0.5) is 17.2 Å². The van der Waals surface area contributed by atoms with Crippen LogP contribution in [0.1, 0.15) is 25.0 Å². The zero-order chi connectivity index (χ0) is 22.6. The Morgan fingerprint density at radius 3 is 2.56 bits per heavy atom. The summed E-state index contributed by atoms with van der Waals surface area (Å²) in [6.45, 7) is 4.51. The van der Waals surface area contributed by atoms with Crippen molar-refractivity contribution in [1.29, 1.82) is 0 Å². The number of nitrogens with zero attached hydrogens (tertiary/aromatic N) is 4. The molecule has 0 saturated carbocycles. The number of aromatic nitrogens is 3. The third-order valence-corrected chi connectivity index (χ3v) is 6.71. The standard InChI is InChI=1S/C28H21N4S.Pt/c1-28(2)20-7-3-4-8-23(20)32(26-17-29-14-15-30-26)24-16-19(10-12-21(24)28)22-13-11-18-6-5-9-25(33)27(18)31-22;/h3-15,17,33H,1-2H3;/q-1;+2/p-1. The summed E-state index contributed by atoms with van der Waals surface area (Å²) in [6.07, 6.45) is 5.20. The van der Waals surface area contributed by atoms with E-state index in [4.69, 9.17) is 17.6 Å². The normalized spacial score (nSPS) is 13.6. The first kappa shape index (κ1) is 22.6. The van der Waals surface area contributed by atoms with Gasteiger partial charge in [0, 0.05) is 23.6 Å². The van der Waals surface area contributed by atoms with Gasteiger partial charge < -0.3 is 17.5 Å². The van der Waals surface area contributed by atoms with E-state index >= 15 is 0 Å². The molecule has 0 unspecified atom stereocenters. The minimum absolute atomic E-state index is 0. The van der Waals surface area contributed by atoms with Gasteiger partial charge in [-0.05, 0) is 33.8 Å². The Kier molecular flexibility index (Phi) is 5.71. The number of hydrogen-bond donors (Lipinski definition) is 0. The molecule has 3 heterocycles. The Morgan fingerprint density at radius 1 is 0.882 bits per heavy atom. The molecule has 6 heteroatoms. The van der Waals surface area contributed by atoms with Crippen molar-refractivity contribution in [2.75, 3.05) is 4.90 Å². The summed E-state index contributed by atoms with van der Waals surface area (Å²) in [7, 11) is 0. The summed E-state index contributed by atoms with van der Waals surface area (Å²) in [5.74, 6) is 0.759. The summed E-state index contributed by atoms with van der Waals surface area (Å²) in [4.78, 5) is 16.7. The molecule has 168 valence electrons. The first-order valence-electron chi connectivity index (χ1n) is 10.8. The van der Waals surface area contributed by atoms with Crippen LogP contribution in [0, 0.1) is 6.07 Å². The van der Waals surface area contributed by atoms with E-state index in [2.05, 4.69) is 77.2 Å². The zero-order valence-corrected chi connectivity index (χ0v) is 21.7. The second kappa shape index (κ2) is 8.57. The molecule has 5 aromatic rings. The van der Waals surface area contributed by atoms with Crippen molar-refractivity contribution in [3.8, 4) is 11.3 Å². The number of benzene rings is 3. The van der Waals surface area contributed by atoms with E-state index in [9.17, 15) is 0 Å². The van der Waals surface area contributed by atoms with Crippen molar-refractivity contribution < 1.29 is 21.1 Å². The maximum absolute atomic E-state index is 5.52. The predicted molar refractivity (Wildman–Crippen MR) is 134 cm³/mol. The van der Waals surface area contributed by atoms with Gasteiger partial charge in [-0.1, -0.05) is 67.9 Å². The van der Waals surface area contributed by atoms with Crippen LogP contribution in [0.5, 0.6) is 0 Å². The molecule has 0 spiro atoms. The number of rotatable bonds is 2. The number of pyridine rings is 1. The van der Waals surface area contributed by atoms with Gasteiger partial charge in [-0.25, -0.2) is 4.98 Å². The molecule has 3 aromatic carbocycles. The summed E-state index contributed by atoms with van der Waals surface area (Å²) in [5.41, 5.74) is 6.88. The fourth-order valence-corrected chi connectivity index (χ4v) is 4.93. The van der Waals surface area contributed by atoms with Gasteiger partial charge >= 0.3 is 21.1 Å². The SMILES string of the molecule is CC1(C)c2ccc(-c3ccc4cccc([S-])c4n3)[c-]c2N(c2cnccn2)c2ccccc21.[Pt+2]. The number of para-hydroxylation sites is 2. The van der Waals surface area contributed by atoms with Gasteiger partial charge in [0.1, 0.15) is 0 Å². The largest absolute Gasteiger partial charge is 2.00 e. The zero-order valence-electron chi connectivity index (χ0n) is 18.6. The second-order valence-electron chi connectivity index (χ2n) is 8.70. The minimum atomic E-state index is -0.190. The molecule has 1 aliphatic heterocycles. The van der Waals surface area contributed by atoms with Crippen molar-refractivity contribution in [2.24, 2.45) is 0 Å². The van der Waals surface area contributed by atoms with Crippen molar-refractivity contribution in [3.05, 3.63) is 103 Å². The maximum Gasteiger partial charge on any atom is 2.00 e. The maximum atomic E-state index is 5.52. The van der Waals surface area contributed by atoms with E-state index in [0.717, 1.165) is 44.2 Å². The Hall–Kier alpha value is -3.14. The van der Waals surface area contributed by atoms with Crippen LogP contribution in [0.25, 0.3) is 22.2 Å². The van der Waals surface area contributed by atoms with Crippen LogP contribution in [0.15, 0.2) is 90.2 Å². The third kappa shape index (κ3) is 3.51. The smallest absolute Gasteiger partial charge is 0.778 e. The van der Waals surface area contributed by atoms with Crippen LogP contribution >= 0.6 is 0 Å². The van der Waals surface area contributed by atoms with Crippen molar-refractivity contribution in [1.82, 2.24) is 15.0 Å². The monoisotopic (exact) mass is 639 g/mol. The van der Waals surface area contributed by atoms with Crippen LogP contribution in [0.2, 0.25) is 0 Å². The predicted octanol–water partition coefficient (Wildman–Crippen LogP) is 6.50. The molecule has 2 aromatic heterocycles. The van der Waals surface area contributed by atoms with E-state index in [1.165, 1.54) is 11.1 Å².